The average Bonchev–Trinajstić information content (AvgIpc) is 2.46. The molecule has 0 bridgehead atoms. The topological polar surface area (TPSA) is 66.0 Å². The smallest absolute Gasteiger partial charge is 0.139 e. The van der Waals surface area contributed by atoms with Crippen LogP contribution in [0.25, 0.3) is 0 Å². The number of nitrogens with zero attached hydrogens (tertiary/aromatic N) is 2. The Morgan fingerprint density at radius 3 is 2.58 bits per heavy atom. The molecule has 2 aliphatic rings. The Bertz CT molecular complexity index is 489. The molecule has 0 aromatic carbocycles. The molecule has 1 aromatic heterocycles. The van der Waals surface area contributed by atoms with E-state index in [1.807, 2.05) is 0 Å². The van der Waals surface area contributed by atoms with Crippen molar-refractivity contribution in [1.29, 1.82) is 5.41 Å². The lowest BCUT2D eigenvalue weighted by molar-refractivity contribution is 0.570. The highest BCUT2D eigenvalue weighted by Crippen LogP contribution is 2.28. The largest absolute Gasteiger partial charge is 0.384 e. The summed E-state index contributed by atoms with van der Waals surface area (Å²) in [5.74, 6) is 1.11. The van der Waals surface area contributed by atoms with Gasteiger partial charge >= 0.3 is 0 Å². The van der Waals surface area contributed by atoms with Crippen LogP contribution in [0.3, 0.4) is 0 Å². The molecule has 4 heteroatoms. The number of nitrogens with two attached hydrogens (primary N) is 1. The summed E-state index contributed by atoms with van der Waals surface area (Å²) in [6.07, 6.45) is 8.37. The normalized spacial score (nSPS) is 19.1. The maximum Gasteiger partial charge on any atom is 0.139 e. The lowest BCUT2D eigenvalue weighted by Crippen LogP contribution is -2.33. The van der Waals surface area contributed by atoms with Gasteiger partial charge in [-0.05, 0) is 56.6 Å². The molecule has 0 spiro atoms. The van der Waals surface area contributed by atoms with Gasteiger partial charge in [-0.15, -0.1) is 0 Å². The molecule has 0 atom stereocenters. The summed E-state index contributed by atoms with van der Waals surface area (Å²) in [6, 6.07) is 2.12. The third-order valence-electron chi connectivity index (χ3n) is 4.23. The quantitative estimate of drug-likeness (QED) is 0.631. The molecule has 102 valence electrons. The molecule has 1 fully saturated rings. The van der Waals surface area contributed by atoms with Crippen LogP contribution in [-0.4, -0.2) is 23.9 Å². The van der Waals surface area contributed by atoms with Crippen molar-refractivity contribution >= 4 is 11.7 Å². The second kappa shape index (κ2) is 5.19. The number of hydrogen-bond donors (Lipinski definition) is 2. The molecule has 3 rings (SSSR count). The summed E-state index contributed by atoms with van der Waals surface area (Å²) in [7, 11) is 0. The molecule has 0 unspecified atom stereocenters. The van der Waals surface area contributed by atoms with E-state index in [4.69, 9.17) is 16.1 Å². The molecule has 1 aliphatic carbocycles. The molecule has 1 aromatic rings. The van der Waals surface area contributed by atoms with E-state index >= 15 is 0 Å². The molecule has 0 amide bonds. The predicted octanol–water partition coefficient (Wildman–Crippen LogP) is 2.23. The first-order valence-corrected chi connectivity index (χ1v) is 7.38. The fraction of sp³-hybridized carbons (Fsp3) is 0.600. The zero-order valence-corrected chi connectivity index (χ0v) is 11.4. The Hall–Kier alpha value is -1.58. The number of aryl methyl sites for hydroxylation is 2. The van der Waals surface area contributed by atoms with Crippen molar-refractivity contribution in [3.63, 3.8) is 0 Å². The van der Waals surface area contributed by atoms with Gasteiger partial charge in [0.25, 0.3) is 0 Å². The van der Waals surface area contributed by atoms with Crippen LogP contribution in [0.2, 0.25) is 0 Å². The third-order valence-corrected chi connectivity index (χ3v) is 4.23. The standard InChI is InChI=1S/C15H22N4/c16-14(17)12-10-11-6-2-3-7-13(11)18-15(12)19-8-4-1-5-9-19/h10H,1-9H2,(H3,16,17). The van der Waals surface area contributed by atoms with Crippen LogP contribution in [0.15, 0.2) is 6.07 Å². The van der Waals surface area contributed by atoms with E-state index < -0.39 is 0 Å². The highest BCUT2D eigenvalue weighted by molar-refractivity contribution is 5.99. The number of hydrogen-bond acceptors (Lipinski definition) is 3. The number of nitrogen functional groups attached to an aromatic ring is 1. The molecule has 0 saturated carbocycles. The Morgan fingerprint density at radius 1 is 1.11 bits per heavy atom. The van der Waals surface area contributed by atoms with Crippen molar-refractivity contribution < 1.29 is 0 Å². The number of rotatable bonds is 2. The fourth-order valence-corrected chi connectivity index (χ4v) is 3.17. The summed E-state index contributed by atoms with van der Waals surface area (Å²) in [6.45, 7) is 2.10. The predicted molar refractivity (Wildman–Crippen MR) is 78.0 cm³/mol. The highest BCUT2D eigenvalue weighted by Gasteiger charge is 2.21. The van der Waals surface area contributed by atoms with Crippen LogP contribution in [0.4, 0.5) is 5.82 Å². The van der Waals surface area contributed by atoms with Gasteiger partial charge < -0.3 is 10.6 Å². The van der Waals surface area contributed by atoms with Crippen LogP contribution in [-0.2, 0) is 12.8 Å². The summed E-state index contributed by atoms with van der Waals surface area (Å²) in [5.41, 5.74) is 9.14. The van der Waals surface area contributed by atoms with Crippen molar-refractivity contribution in [3.8, 4) is 0 Å². The van der Waals surface area contributed by atoms with E-state index in [9.17, 15) is 0 Å². The molecule has 1 saturated heterocycles. The fourth-order valence-electron chi connectivity index (χ4n) is 3.17. The van der Waals surface area contributed by atoms with Gasteiger partial charge in [0.1, 0.15) is 11.7 Å². The number of nitrogens with one attached hydrogen (secondary N) is 1. The molecule has 2 heterocycles. The minimum atomic E-state index is 0.154. The molecule has 3 N–H and O–H groups in total. The molecular formula is C15H22N4. The monoisotopic (exact) mass is 258 g/mol. The first-order valence-electron chi connectivity index (χ1n) is 7.38. The Kier molecular flexibility index (Phi) is 3.40. The third kappa shape index (κ3) is 2.44. The van der Waals surface area contributed by atoms with Crippen molar-refractivity contribution in [2.45, 2.75) is 44.9 Å². The van der Waals surface area contributed by atoms with Gasteiger partial charge in [0.15, 0.2) is 0 Å². The van der Waals surface area contributed by atoms with Gasteiger partial charge in [0.2, 0.25) is 0 Å². The van der Waals surface area contributed by atoms with Gasteiger partial charge in [0, 0.05) is 18.8 Å². The summed E-state index contributed by atoms with van der Waals surface area (Å²) in [5, 5.41) is 7.82. The van der Waals surface area contributed by atoms with E-state index in [0.717, 1.165) is 37.3 Å². The Labute approximate surface area is 114 Å². The van der Waals surface area contributed by atoms with E-state index in [2.05, 4.69) is 11.0 Å². The highest BCUT2D eigenvalue weighted by atomic mass is 15.2. The Balaban J connectivity index is 2.02. The van der Waals surface area contributed by atoms with E-state index in [0.29, 0.717) is 0 Å². The lowest BCUT2D eigenvalue weighted by Gasteiger charge is -2.30. The molecule has 4 nitrogen and oxygen atoms in total. The maximum atomic E-state index is 7.82. The van der Waals surface area contributed by atoms with Gasteiger partial charge in [-0.25, -0.2) is 4.98 Å². The summed E-state index contributed by atoms with van der Waals surface area (Å²) >= 11 is 0. The van der Waals surface area contributed by atoms with Crippen LogP contribution >= 0.6 is 0 Å². The van der Waals surface area contributed by atoms with Crippen LogP contribution < -0.4 is 10.6 Å². The van der Waals surface area contributed by atoms with Crippen molar-refractivity contribution in [2.24, 2.45) is 5.73 Å². The molecular weight excluding hydrogens is 236 g/mol. The number of fused-ring (bicyclic) bond motifs is 1. The lowest BCUT2D eigenvalue weighted by atomic mass is 9.94. The van der Waals surface area contributed by atoms with E-state index in [-0.39, 0.29) is 5.84 Å². The van der Waals surface area contributed by atoms with Crippen LogP contribution in [0.1, 0.15) is 48.9 Å². The average molecular weight is 258 g/mol. The minimum absolute atomic E-state index is 0.154. The second-order valence-electron chi connectivity index (χ2n) is 5.63. The number of pyridine rings is 1. The van der Waals surface area contributed by atoms with Crippen LogP contribution in [0, 0.1) is 5.41 Å². The minimum Gasteiger partial charge on any atom is -0.384 e. The number of piperidine rings is 1. The van der Waals surface area contributed by atoms with Gasteiger partial charge in [-0.2, -0.15) is 0 Å². The van der Waals surface area contributed by atoms with Gasteiger partial charge in [0.05, 0.1) is 5.56 Å². The second-order valence-corrected chi connectivity index (χ2v) is 5.63. The number of amidine groups is 1. The van der Waals surface area contributed by atoms with Gasteiger partial charge in [-0.3, -0.25) is 5.41 Å². The summed E-state index contributed by atoms with van der Waals surface area (Å²) < 4.78 is 0. The maximum absolute atomic E-state index is 7.82. The first-order chi connectivity index (χ1) is 9.25. The summed E-state index contributed by atoms with van der Waals surface area (Å²) in [4.78, 5) is 7.18. The molecule has 0 radical (unpaired) electrons. The molecule has 19 heavy (non-hydrogen) atoms. The Morgan fingerprint density at radius 2 is 1.84 bits per heavy atom. The van der Waals surface area contributed by atoms with Crippen molar-refractivity contribution in [2.75, 3.05) is 18.0 Å². The van der Waals surface area contributed by atoms with Gasteiger partial charge in [-0.1, -0.05) is 0 Å². The zero-order valence-electron chi connectivity index (χ0n) is 11.4. The van der Waals surface area contributed by atoms with Crippen molar-refractivity contribution in [1.82, 2.24) is 4.98 Å². The first kappa shape index (κ1) is 12.5. The zero-order chi connectivity index (χ0) is 13.2. The van der Waals surface area contributed by atoms with E-state index in [1.165, 1.54) is 43.4 Å². The molecule has 1 aliphatic heterocycles. The van der Waals surface area contributed by atoms with E-state index in [1.54, 1.807) is 0 Å². The van der Waals surface area contributed by atoms with Crippen molar-refractivity contribution in [3.05, 3.63) is 22.9 Å². The van der Waals surface area contributed by atoms with Crippen LogP contribution in [0.5, 0.6) is 0 Å². The SMILES string of the molecule is N=C(N)c1cc2c(nc1N1CCCCC1)CCCC2. The number of anilines is 1. The number of aromatic nitrogens is 1.